The molecule has 3 nitrogen and oxygen atoms in total. The molecule has 0 amide bonds. The first-order valence-corrected chi connectivity index (χ1v) is 5.19. The highest BCUT2D eigenvalue weighted by Gasteiger charge is 2.33. The lowest BCUT2D eigenvalue weighted by Crippen LogP contribution is -2.56. The van der Waals surface area contributed by atoms with Crippen molar-refractivity contribution in [3.05, 3.63) is 0 Å². The Balaban J connectivity index is 2.49. The van der Waals surface area contributed by atoms with Crippen LogP contribution in [-0.4, -0.2) is 31.3 Å². The van der Waals surface area contributed by atoms with Crippen LogP contribution < -0.4 is 11.1 Å². The molecule has 0 saturated carbocycles. The molecule has 2 atom stereocenters. The molecule has 1 saturated heterocycles. The average molecular weight is 196 g/mol. The Morgan fingerprint density at radius 3 is 3.00 bits per heavy atom. The molecule has 80 valence electrons. The molecule has 1 aliphatic rings. The Morgan fingerprint density at radius 2 is 2.43 bits per heavy atom. The van der Waals surface area contributed by atoms with E-state index in [9.17, 15) is 0 Å². The molecule has 14 heavy (non-hydrogen) atoms. The molecule has 3 N–H and O–H groups in total. The largest absolute Gasteiger partial charge is 0.378 e. The summed E-state index contributed by atoms with van der Waals surface area (Å²) in [5, 5.41) is 3.44. The van der Waals surface area contributed by atoms with Gasteiger partial charge in [-0.1, -0.05) is 5.92 Å². The maximum absolute atomic E-state index is 5.82. The number of hydrogen-bond acceptors (Lipinski definition) is 3. The van der Waals surface area contributed by atoms with E-state index in [2.05, 4.69) is 24.1 Å². The highest BCUT2D eigenvalue weighted by atomic mass is 16.5. The van der Waals surface area contributed by atoms with Crippen LogP contribution in [0.1, 0.15) is 26.7 Å². The van der Waals surface area contributed by atoms with Gasteiger partial charge in [0.15, 0.2) is 0 Å². The third-order valence-corrected chi connectivity index (χ3v) is 2.78. The second-order valence-corrected chi connectivity index (χ2v) is 3.90. The fourth-order valence-corrected chi connectivity index (χ4v) is 1.90. The summed E-state index contributed by atoms with van der Waals surface area (Å²) in [6.45, 7) is 6.12. The zero-order valence-corrected chi connectivity index (χ0v) is 9.10. The summed E-state index contributed by atoms with van der Waals surface area (Å²) >= 11 is 0. The number of nitrogens with two attached hydrogens (primary N) is 1. The molecule has 1 rings (SSSR count). The van der Waals surface area contributed by atoms with Gasteiger partial charge in [-0.25, -0.2) is 0 Å². The number of nitrogens with one attached hydrogen (secondary N) is 1. The molecular weight excluding hydrogens is 176 g/mol. The van der Waals surface area contributed by atoms with E-state index >= 15 is 0 Å². The van der Waals surface area contributed by atoms with Crippen LogP contribution in [-0.2, 0) is 4.74 Å². The Labute approximate surface area is 86.4 Å². The van der Waals surface area contributed by atoms with Crippen molar-refractivity contribution >= 4 is 0 Å². The predicted molar refractivity (Wildman–Crippen MR) is 57.9 cm³/mol. The minimum atomic E-state index is 0.0432. The van der Waals surface area contributed by atoms with Crippen molar-refractivity contribution < 1.29 is 4.74 Å². The lowest BCUT2D eigenvalue weighted by atomic mass is 9.87. The van der Waals surface area contributed by atoms with E-state index in [1.807, 2.05) is 6.92 Å². The summed E-state index contributed by atoms with van der Waals surface area (Å²) in [7, 11) is 0. The first kappa shape index (κ1) is 11.5. The van der Waals surface area contributed by atoms with Gasteiger partial charge >= 0.3 is 0 Å². The summed E-state index contributed by atoms with van der Waals surface area (Å²) in [5.41, 5.74) is 5.86. The number of rotatable bonds is 3. The van der Waals surface area contributed by atoms with Gasteiger partial charge in [0.1, 0.15) is 0 Å². The van der Waals surface area contributed by atoms with E-state index in [1.165, 1.54) is 0 Å². The lowest BCUT2D eigenvalue weighted by Gasteiger charge is -2.39. The summed E-state index contributed by atoms with van der Waals surface area (Å²) in [6.07, 6.45) is 2.27. The number of ether oxygens (including phenoxy) is 1. The van der Waals surface area contributed by atoms with Gasteiger partial charge in [0.2, 0.25) is 0 Å². The van der Waals surface area contributed by atoms with Crippen LogP contribution in [0.15, 0.2) is 0 Å². The molecule has 3 heteroatoms. The highest BCUT2D eigenvalue weighted by Crippen LogP contribution is 2.23. The van der Waals surface area contributed by atoms with Crippen molar-refractivity contribution in [2.45, 2.75) is 38.3 Å². The summed E-state index contributed by atoms with van der Waals surface area (Å²) in [4.78, 5) is 0. The van der Waals surface area contributed by atoms with Crippen molar-refractivity contribution in [2.24, 2.45) is 5.73 Å². The molecular formula is C11H20N2O. The van der Waals surface area contributed by atoms with Gasteiger partial charge in [-0.2, -0.15) is 0 Å². The van der Waals surface area contributed by atoms with E-state index in [4.69, 9.17) is 10.5 Å². The number of hydrogen-bond donors (Lipinski definition) is 2. The minimum Gasteiger partial charge on any atom is -0.378 e. The minimum absolute atomic E-state index is 0.0432. The first-order chi connectivity index (χ1) is 6.72. The molecule has 0 spiro atoms. The zero-order chi connectivity index (χ0) is 10.4. The van der Waals surface area contributed by atoms with Gasteiger partial charge in [-0.3, -0.25) is 5.32 Å². The van der Waals surface area contributed by atoms with E-state index in [-0.39, 0.29) is 5.54 Å². The second kappa shape index (κ2) is 5.35. The SMILES string of the molecule is CC#CCNC1(CN)CCOC(C)C1. The third-order valence-electron chi connectivity index (χ3n) is 2.78. The fraction of sp³-hybridized carbons (Fsp3) is 0.818. The molecule has 1 heterocycles. The Bertz CT molecular complexity index is 231. The van der Waals surface area contributed by atoms with E-state index in [1.54, 1.807) is 0 Å². The second-order valence-electron chi connectivity index (χ2n) is 3.90. The first-order valence-electron chi connectivity index (χ1n) is 5.19. The average Bonchev–Trinajstić information content (AvgIpc) is 2.18. The monoisotopic (exact) mass is 196 g/mol. The Hall–Kier alpha value is -0.560. The van der Waals surface area contributed by atoms with Gasteiger partial charge in [0, 0.05) is 18.7 Å². The fourth-order valence-electron chi connectivity index (χ4n) is 1.90. The van der Waals surface area contributed by atoms with Crippen LogP contribution in [0.2, 0.25) is 0 Å². The van der Waals surface area contributed by atoms with Gasteiger partial charge < -0.3 is 10.5 Å². The van der Waals surface area contributed by atoms with E-state index in [0.29, 0.717) is 12.6 Å². The van der Waals surface area contributed by atoms with Crippen molar-refractivity contribution in [3.63, 3.8) is 0 Å². The maximum Gasteiger partial charge on any atom is 0.0581 e. The molecule has 0 radical (unpaired) electrons. The Kier molecular flexibility index (Phi) is 4.40. The van der Waals surface area contributed by atoms with Crippen molar-refractivity contribution in [3.8, 4) is 11.8 Å². The van der Waals surface area contributed by atoms with Crippen molar-refractivity contribution in [1.82, 2.24) is 5.32 Å². The summed E-state index contributed by atoms with van der Waals surface area (Å²) < 4.78 is 5.51. The van der Waals surface area contributed by atoms with Crippen LogP contribution in [0.4, 0.5) is 0 Å². The standard InChI is InChI=1S/C11H20N2O/c1-3-4-6-13-11(9-12)5-7-14-10(2)8-11/h10,13H,5-9,12H2,1-2H3. The highest BCUT2D eigenvalue weighted by molar-refractivity contribution is 5.02. The third kappa shape index (κ3) is 2.98. The van der Waals surface area contributed by atoms with E-state index in [0.717, 1.165) is 26.0 Å². The zero-order valence-electron chi connectivity index (χ0n) is 9.10. The maximum atomic E-state index is 5.82. The molecule has 0 aliphatic carbocycles. The lowest BCUT2D eigenvalue weighted by molar-refractivity contribution is -0.0150. The molecule has 1 fully saturated rings. The van der Waals surface area contributed by atoms with Crippen LogP contribution in [0.3, 0.4) is 0 Å². The smallest absolute Gasteiger partial charge is 0.0581 e. The van der Waals surface area contributed by atoms with Crippen molar-refractivity contribution in [2.75, 3.05) is 19.7 Å². The molecule has 0 aromatic rings. The normalized spacial score (nSPS) is 32.1. The topological polar surface area (TPSA) is 47.3 Å². The molecule has 2 unspecified atom stereocenters. The molecule has 1 aliphatic heterocycles. The van der Waals surface area contributed by atoms with Gasteiger partial charge in [-0.05, 0) is 26.7 Å². The predicted octanol–water partition coefficient (Wildman–Crippen LogP) is 0.496. The van der Waals surface area contributed by atoms with Gasteiger partial charge in [0.05, 0.1) is 12.6 Å². The summed E-state index contributed by atoms with van der Waals surface area (Å²) in [5.74, 6) is 5.89. The molecule has 0 bridgehead atoms. The van der Waals surface area contributed by atoms with Gasteiger partial charge in [-0.15, -0.1) is 5.92 Å². The van der Waals surface area contributed by atoms with Crippen LogP contribution >= 0.6 is 0 Å². The molecule has 0 aromatic heterocycles. The Morgan fingerprint density at radius 1 is 1.64 bits per heavy atom. The quantitative estimate of drug-likeness (QED) is 0.646. The van der Waals surface area contributed by atoms with Crippen LogP contribution in [0.25, 0.3) is 0 Å². The van der Waals surface area contributed by atoms with Crippen LogP contribution in [0, 0.1) is 11.8 Å². The van der Waals surface area contributed by atoms with Gasteiger partial charge in [0.25, 0.3) is 0 Å². The van der Waals surface area contributed by atoms with Crippen molar-refractivity contribution in [1.29, 1.82) is 0 Å². The molecule has 0 aromatic carbocycles. The van der Waals surface area contributed by atoms with Crippen LogP contribution in [0.5, 0.6) is 0 Å². The van der Waals surface area contributed by atoms with E-state index < -0.39 is 0 Å². The summed E-state index contributed by atoms with van der Waals surface area (Å²) in [6, 6.07) is 0.